The Hall–Kier alpha value is -0.260. The number of aliphatic hydroxyl groups is 2. The Bertz CT molecular complexity index is 221. The number of carbonyl (C=O) groups is 1. The first kappa shape index (κ1) is 12.7. The lowest BCUT2D eigenvalue weighted by atomic mass is 10.1. The number of Topliss-reactive ketones (excluding diaryl/α,β-unsaturated/α-hetero) is 1. The molecule has 6 nitrogen and oxygen atoms in total. The highest BCUT2D eigenvalue weighted by molar-refractivity contribution is 7.51. The van der Waals surface area contributed by atoms with E-state index in [-0.39, 0.29) is 6.42 Å². The maximum absolute atomic E-state index is 10.5. The maximum Gasteiger partial charge on any atom is 0.325 e. The first-order valence-corrected chi connectivity index (χ1v) is 5.45. The summed E-state index contributed by atoms with van der Waals surface area (Å²) < 4.78 is 10.3. The molecule has 0 aromatic rings. The highest BCUT2D eigenvalue weighted by atomic mass is 31.2. The molecule has 78 valence electrons. The van der Waals surface area contributed by atoms with E-state index < -0.39 is 31.7 Å². The normalized spacial score (nSPS) is 16.7. The number of hydrogen-bond acceptors (Lipinski definition) is 4. The number of carbonyl (C=O) groups excluding carboxylic acids is 1. The van der Waals surface area contributed by atoms with Crippen LogP contribution >= 0.6 is 7.60 Å². The molecule has 2 atom stereocenters. The standard InChI is InChI=1S/C6H13O6P/c1-4(7)6(9)5(8)2-3-13(10,11)12/h5-6,8-9H,2-3H2,1H3,(H2,10,11,12)/t5-,6-/m0/s1. The van der Waals surface area contributed by atoms with Crippen molar-refractivity contribution < 1.29 is 29.4 Å². The van der Waals surface area contributed by atoms with Crippen LogP contribution in [0.1, 0.15) is 13.3 Å². The third kappa shape index (κ3) is 5.90. The van der Waals surface area contributed by atoms with Crippen molar-refractivity contribution in [3.8, 4) is 0 Å². The number of rotatable bonds is 5. The Balaban J connectivity index is 3.95. The molecule has 0 rings (SSSR count). The maximum atomic E-state index is 10.5. The second-order valence-corrected chi connectivity index (χ2v) is 4.58. The predicted molar refractivity (Wildman–Crippen MR) is 44.2 cm³/mol. The van der Waals surface area contributed by atoms with Crippen LogP contribution in [0.2, 0.25) is 0 Å². The van der Waals surface area contributed by atoms with Crippen molar-refractivity contribution in [3.63, 3.8) is 0 Å². The van der Waals surface area contributed by atoms with Crippen molar-refractivity contribution >= 4 is 13.4 Å². The van der Waals surface area contributed by atoms with Crippen LogP contribution < -0.4 is 0 Å². The third-order valence-electron chi connectivity index (χ3n) is 1.50. The molecule has 0 amide bonds. The van der Waals surface area contributed by atoms with Crippen LogP contribution in [0.3, 0.4) is 0 Å². The minimum Gasteiger partial charge on any atom is -0.390 e. The molecule has 0 fully saturated rings. The van der Waals surface area contributed by atoms with Crippen LogP contribution in [-0.4, -0.2) is 44.2 Å². The van der Waals surface area contributed by atoms with E-state index >= 15 is 0 Å². The third-order valence-corrected chi connectivity index (χ3v) is 2.34. The lowest BCUT2D eigenvalue weighted by molar-refractivity contribution is -0.130. The highest BCUT2D eigenvalue weighted by Gasteiger charge is 2.23. The summed E-state index contributed by atoms with van der Waals surface area (Å²) in [5, 5.41) is 18.0. The molecule has 0 aliphatic heterocycles. The van der Waals surface area contributed by atoms with Gasteiger partial charge in [-0.2, -0.15) is 0 Å². The zero-order valence-electron chi connectivity index (χ0n) is 7.12. The molecule has 0 saturated carbocycles. The first-order valence-electron chi connectivity index (χ1n) is 3.65. The van der Waals surface area contributed by atoms with Gasteiger partial charge in [-0.1, -0.05) is 0 Å². The summed E-state index contributed by atoms with van der Waals surface area (Å²) in [4.78, 5) is 27.3. The van der Waals surface area contributed by atoms with Gasteiger partial charge in [0.25, 0.3) is 0 Å². The smallest absolute Gasteiger partial charge is 0.325 e. The van der Waals surface area contributed by atoms with E-state index in [2.05, 4.69) is 0 Å². The lowest BCUT2D eigenvalue weighted by Crippen LogP contribution is -2.32. The molecule has 0 radical (unpaired) electrons. The van der Waals surface area contributed by atoms with Crippen LogP contribution in [0, 0.1) is 0 Å². The quantitative estimate of drug-likeness (QED) is 0.428. The van der Waals surface area contributed by atoms with Crippen molar-refractivity contribution in [2.75, 3.05) is 6.16 Å². The van der Waals surface area contributed by atoms with Gasteiger partial charge in [0.05, 0.1) is 12.3 Å². The average molecular weight is 212 g/mol. The average Bonchev–Trinajstić information content (AvgIpc) is 1.97. The number of hydrogen-bond donors (Lipinski definition) is 4. The van der Waals surface area contributed by atoms with Gasteiger partial charge in [-0.15, -0.1) is 0 Å². The first-order chi connectivity index (χ1) is 5.74. The van der Waals surface area contributed by atoms with Crippen LogP contribution in [0.15, 0.2) is 0 Å². The molecule has 13 heavy (non-hydrogen) atoms. The minimum absolute atomic E-state index is 0.301. The van der Waals surface area contributed by atoms with Gasteiger partial charge in [0, 0.05) is 0 Å². The number of ketones is 1. The minimum atomic E-state index is -4.17. The molecular weight excluding hydrogens is 199 g/mol. The van der Waals surface area contributed by atoms with E-state index in [0.717, 1.165) is 6.92 Å². The van der Waals surface area contributed by atoms with Gasteiger partial charge in [-0.3, -0.25) is 9.36 Å². The summed E-state index contributed by atoms with van der Waals surface area (Å²) in [6.45, 7) is 1.09. The van der Waals surface area contributed by atoms with E-state index in [0.29, 0.717) is 0 Å². The predicted octanol–water partition coefficient (Wildman–Crippen LogP) is -1.14. The zero-order chi connectivity index (χ0) is 10.6. The molecule has 0 aromatic carbocycles. The summed E-state index contributed by atoms with van der Waals surface area (Å²) in [6, 6.07) is 0. The molecular formula is C6H13O6P. The molecule has 0 saturated heterocycles. The van der Waals surface area contributed by atoms with Gasteiger partial charge < -0.3 is 20.0 Å². The van der Waals surface area contributed by atoms with Crippen LogP contribution in [0.25, 0.3) is 0 Å². The number of aliphatic hydroxyl groups excluding tert-OH is 2. The molecule has 0 aliphatic carbocycles. The van der Waals surface area contributed by atoms with E-state index in [9.17, 15) is 9.36 Å². The van der Waals surface area contributed by atoms with Crippen LogP contribution in [0.4, 0.5) is 0 Å². The molecule has 0 unspecified atom stereocenters. The van der Waals surface area contributed by atoms with Gasteiger partial charge in [-0.05, 0) is 13.3 Å². The summed E-state index contributed by atoms with van der Waals surface area (Å²) in [7, 11) is -4.17. The second kappa shape index (κ2) is 4.83. The summed E-state index contributed by atoms with van der Waals surface area (Å²) in [6.07, 6.45) is -3.82. The Labute approximate surface area is 75.4 Å². The fourth-order valence-corrected chi connectivity index (χ4v) is 1.33. The molecule has 0 bridgehead atoms. The van der Waals surface area contributed by atoms with Gasteiger partial charge >= 0.3 is 7.60 Å². The Morgan fingerprint density at radius 3 is 2.15 bits per heavy atom. The van der Waals surface area contributed by atoms with Crippen molar-refractivity contribution in [1.82, 2.24) is 0 Å². The van der Waals surface area contributed by atoms with E-state index in [1.165, 1.54) is 0 Å². The van der Waals surface area contributed by atoms with E-state index in [1.807, 2.05) is 0 Å². The van der Waals surface area contributed by atoms with E-state index in [4.69, 9.17) is 20.0 Å². The van der Waals surface area contributed by atoms with E-state index in [1.54, 1.807) is 0 Å². The summed E-state index contributed by atoms with van der Waals surface area (Å²) in [5.74, 6) is -0.627. The monoisotopic (exact) mass is 212 g/mol. The Morgan fingerprint density at radius 2 is 1.85 bits per heavy atom. The molecule has 7 heteroatoms. The molecule has 0 spiro atoms. The zero-order valence-corrected chi connectivity index (χ0v) is 8.02. The molecule has 0 aromatic heterocycles. The van der Waals surface area contributed by atoms with Gasteiger partial charge in [0.15, 0.2) is 5.78 Å². The molecule has 0 heterocycles. The SMILES string of the molecule is CC(=O)[C@H](O)[C@@H](O)CCP(=O)(O)O. The van der Waals surface area contributed by atoms with Gasteiger partial charge in [0.1, 0.15) is 6.10 Å². The van der Waals surface area contributed by atoms with Crippen molar-refractivity contribution in [2.45, 2.75) is 25.6 Å². The fourth-order valence-electron chi connectivity index (χ4n) is 0.729. The van der Waals surface area contributed by atoms with Crippen LogP contribution in [-0.2, 0) is 9.36 Å². The largest absolute Gasteiger partial charge is 0.390 e. The van der Waals surface area contributed by atoms with Gasteiger partial charge in [0.2, 0.25) is 0 Å². The topological polar surface area (TPSA) is 115 Å². The van der Waals surface area contributed by atoms with Crippen molar-refractivity contribution in [3.05, 3.63) is 0 Å². The highest BCUT2D eigenvalue weighted by Crippen LogP contribution is 2.35. The second-order valence-electron chi connectivity index (χ2n) is 2.80. The van der Waals surface area contributed by atoms with Crippen LogP contribution in [0.5, 0.6) is 0 Å². The van der Waals surface area contributed by atoms with Crippen molar-refractivity contribution in [1.29, 1.82) is 0 Å². The summed E-state index contributed by atoms with van der Waals surface area (Å²) in [5.41, 5.74) is 0. The van der Waals surface area contributed by atoms with Crippen molar-refractivity contribution in [2.24, 2.45) is 0 Å². The molecule has 0 aliphatic rings. The fraction of sp³-hybridized carbons (Fsp3) is 0.833. The lowest BCUT2D eigenvalue weighted by Gasteiger charge is -2.14. The molecule has 4 N–H and O–H groups in total. The summed E-state index contributed by atoms with van der Waals surface area (Å²) >= 11 is 0. The Kier molecular flexibility index (Phi) is 4.74. The Morgan fingerprint density at radius 1 is 1.38 bits per heavy atom. The van der Waals surface area contributed by atoms with Gasteiger partial charge in [-0.25, -0.2) is 0 Å².